The molecule has 0 bridgehead atoms. The lowest BCUT2D eigenvalue weighted by Gasteiger charge is -2.20. The van der Waals surface area contributed by atoms with Crippen molar-refractivity contribution in [2.45, 2.75) is 6.54 Å². The van der Waals surface area contributed by atoms with Crippen LogP contribution in [0.1, 0.15) is 11.1 Å². The van der Waals surface area contributed by atoms with Crippen LogP contribution < -0.4 is 5.32 Å². The second-order valence-electron chi connectivity index (χ2n) is 5.68. The highest BCUT2D eigenvalue weighted by Gasteiger charge is 2.16. The highest BCUT2D eigenvalue weighted by Crippen LogP contribution is 2.23. The summed E-state index contributed by atoms with van der Waals surface area (Å²) in [5.74, 6) is -0.550. The van der Waals surface area contributed by atoms with Crippen molar-refractivity contribution in [2.24, 2.45) is 0 Å². The number of urea groups is 1. The zero-order valence-corrected chi connectivity index (χ0v) is 14.1. The third-order valence-corrected chi connectivity index (χ3v) is 3.80. The summed E-state index contributed by atoms with van der Waals surface area (Å²) in [7, 11) is 1.60. The van der Waals surface area contributed by atoms with Gasteiger partial charge in [-0.05, 0) is 35.9 Å². The molecule has 7 heteroatoms. The lowest BCUT2D eigenvalue weighted by molar-refractivity contribution is 0.220. The lowest BCUT2D eigenvalue weighted by atomic mass is 10.1. The number of amides is 2. The maximum Gasteiger partial charge on any atom is 0.322 e. The molecule has 1 N–H and O–H groups in total. The average Bonchev–Trinajstić information content (AvgIpc) is 3.18. The van der Waals surface area contributed by atoms with E-state index in [1.807, 2.05) is 6.07 Å². The minimum atomic E-state index is -0.550. The number of carbonyl (C=O) groups is 1. The van der Waals surface area contributed by atoms with Crippen LogP contribution in [0.2, 0.25) is 0 Å². The van der Waals surface area contributed by atoms with Crippen LogP contribution in [0.15, 0.2) is 60.9 Å². The lowest BCUT2D eigenvalue weighted by Crippen LogP contribution is -2.31. The summed E-state index contributed by atoms with van der Waals surface area (Å²) in [4.78, 5) is 13.9. The van der Waals surface area contributed by atoms with E-state index >= 15 is 0 Å². The van der Waals surface area contributed by atoms with Crippen molar-refractivity contribution in [2.75, 3.05) is 12.4 Å². The number of nitrogens with zero attached hydrogens (tertiary/aromatic N) is 4. The second-order valence-corrected chi connectivity index (χ2v) is 5.68. The molecule has 0 fully saturated rings. The second kappa shape index (κ2) is 7.49. The monoisotopic (exact) mass is 349 g/mol. The SMILES string of the molecule is CN(Cc1cccc(C#N)c1)C(=O)Nc1c(F)cccc1-n1cccn1. The van der Waals surface area contributed by atoms with E-state index in [1.54, 1.807) is 55.8 Å². The van der Waals surface area contributed by atoms with Crippen LogP contribution in [0.4, 0.5) is 14.9 Å². The van der Waals surface area contributed by atoms with Crippen molar-refractivity contribution < 1.29 is 9.18 Å². The fourth-order valence-electron chi connectivity index (χ4n) is 2.53. The third kappa shape index (κ3) is 3.70. The van der Waals surface area contributed by atoms with Gasteiger partial charge in [-0.2, -0.15) is 10.4 Å². The van der Waals surface area contributed by atoms with Gasteiger partial charge in [-0.1, -0.05) is 18.2 Å². The van der Waals surface area contributed by atoms with Crippen LogP contribution in [0.3, 0.4) is 0 Å². The summed E-state index contributed by atoms with van der Waals surface area (Å²) >= 11 is 0. The maximum absolute atomic E-state index is 14.3. The van der Waals surface area contributed by atoms with Crippen molar-refractivity contribution in [1.29, 1.82) is 5.26 Å². The summed E-state index contributed by atoms with van der Waals surface area (Å²) in [6.07, 6.45) is 3.24. The molecular formula is C19H16FN5O. The molecule has 0 saturated heterocycles. The highest BCUT2D eigenvalue weighted by molar-refractivity contribution is 5.91. The Labute approximate surface area is 150 Å². The Morgan fingerprint density at radius 2 is 2.12 bits per heavy atom. The molecule has 0 aliphatic heterocycles. The first-order chi connectivity index (χ1) is 12.6. The summed E-state index contributed by atoms with van der Waals surface area (Å²) in [5.41, 5.74) is 1.82. The van der Waals surface area contributed by atoms with Gasteiger partial charge in [0.2, 0.25) is 0 Å². The molecule has 26 heavy (non-hydrogen) atoms. The van der Waals surface area contributed by atoms with Crippen LogP contribution in [0.25, 0.3) is 5.69 Å². The smallest absolute Gasteiger partial charge is 0.322 e. The van der Waals surface area contributed by atoms with Gasteiger partial charge in [-0.15, -0.1) is 0 Å². The van der Waals surface area contributed by atoms with Crippen LogP contribution in [0.5, 0.6) is 0 Å². The first-order valence-electron chi connectivity index (χ1n) is 7.88. The van der Waals surface area contributed by atoms with Crippen LogP contribution >= 0.6 is 0 Å². The van der Waals surface area contributed by atoms with Crippen LogP contribution in [-0.2, 0) is 6.54 Å². The number of benzene rings is 2. The predicted octanol–water partition coefficient (Wildman–Crippen LogP) is 3.55. The van der Waals surface area contributed by atoms with Crippen LogP contribution in [0, 0.1) is 17.1 Å². The Bertz CT molecular complexity index is 962. The molecule has 0 atom stereocenters. The number of para-hydroxylation sites is 1. The summed E-state index contributed by atoms with van der Waals surface area (Å²) in [6.45, 7) is 0.285. The molecule has 130 valence electrons. The first kappa shape index (κ1) is 17.2. The minimum Gasteiger partial charge on any atom is -0.323 e. The van der Waals surface area contributed by atoms with E-state index in [4.69, 9.17) is 5.26 Å². The van der Waals surface area contributed by atoms with E-state index in [1.165, 1.54) is 15.6 Å². The Morgan fingerprint density at radius 1 is 1.31 bits per heavy atom. The summed E-state index contributed by atoms with van der Waals surface area (Å²) < 4.78 is 15.8. The van der Waals surface area contributed by atoms with E-state index in [0.29, 0.717) is 11.3 Å². The number of hydrogen-bond acceptors (Lipinski definition) is 3. The Balaban J connectivity index is 1.79. The highest BCUT2D eigenvalue weighted by atomic mass is 19.1. The van der Waals surface area contributed by atoms with E-state index < -0.39 is 11.8 Å². The van der Waals surface area contributed by atoms with Gasteiger partial charge in [0.15, 0.2) is 0 Å². The molecule has 3 aromatic rings. The number of rotatable bonds is 4. The number of hydrogen-bond donors (Lipinski definition) is 1. The van der Waals surface area contributed by atoms with Gasteiger partial charge in [0, 0.05) is 26.0 Å². The fraction of sp³-hybridized carbons (Fsp3) is 0.105. The van der Waals surface area contributed by atoms with E-state index in [0.717, 1.165) is 5.56 Å². The molecule has 0 radical (unpaired) electrons. The van der Waals surface area contributed by atoms with Gasteiger partial charge in [0.05, 0.1) is 17.3 Å². The normalized spacial score (nSPS) is 10.2. The minimum absolute atomic E-state index is 0.0545. The van der Waals surface area contributed by atoms with Gasteiger partial charge < -0.3 is 10.2 Å². The molecule has 2 aromatic carbocycles. The van der Waals surface area contributed by atoms with Crippen molar-refractivity contribution in [3.8, 4) is 11.8 Å². The van der Waals surface area contributed by atoms with Gasteiger partial charge >= 0.3 is 6.03 Å². The first-order valence-corrected chi connectivity index (χ1v) is 7.88. The molecule has 0 saturated carbocycles. The molecule has 1 aromatic heterocycles. The van der Waals surface area contributed by atoms with Gasteiger partial charge in [-0.3, -0.25) is 0 Å². The standard InChI is InChI=1S/C19H16FN5O/c1-24(13-15-6-2-5-14(11-15)12-21)19(26)23-18-16(20)7-3-8-17(18)25-10-4-9-22-25/h2-11H,13H2,1H3,(H,23,26). The summed E-state index contributed by atoms with van der Waals surface area (Å²) in [5, 5.41) is 15.6. The third-order valence-electron chi connectivity index (χ3n) is 3.80. The largest absolute Gasteiger partial charge is 0.323 e. The molecule has 6 nitrogen and oxygen atoms in total. The van der Waals surface area contributed by atoms with Gasteiger partial charge in [0.25, 0.3) is 0 Å². The zero-order valence-electron chi connectivity index (χ0n) is 14.1. The maximum atomic E-state index is 14.3. The molecule has 0 unspecified atom stereocenters. The van der Waals surface area contributed by atoms with Crippen LogP contribution in [-0.4, -0.2) is 27.8 Å². The molecule has 0 aliphatic rings. The number of carbonyl (C=O) groups excluding carboxylic acids is 1. The van der Waals surface area contributed by atoms with Crippen molar-refractivity contribution in [3.63, 3.8) is 0 Å². The molecule has 1 heterocycles. The Hall–Kier alpha value is -3.66. The summed E-state index contributed by atoms with van der Waals surface area (Å²) in [6, 6.07) is 14.8. The molecule has 2 amide bonds. The number of aromatic nitrogens is 2. The van der Waals surface area contributed by atoms with Crippen molar-refractivity contribution >= 4 is 11.7 Å². The van der Waals surface area contributed by atoms with Crippen molar-refractivity contribution in [1.82, 2.24) is 14.7 Å². The molecular weight excluding hydrogens is 333 g/mol. The number of anilines is 1. The molecule has 0 spiro atoms. The van der Waals surface area contributed by atoms with E-state index in [2.05, 4.69) is 16.5 Å². The quantitative estimate of drug-likeness (QED) is 0.783. The Morgan fingerprint density at radius 3 is 2.85 bits per heavy atom. The molecule has 3 rings (SSSR count). The average molecular weight is 349 g/mol. The number of nitrogens with one attached hydrogen (secondary N) is 1. The fourth-order valence-corrected chi connectivity index (χ4v) is 2.53. The zero-order chi connectivity index (χ0) is 18.5. The van der Waals surface area contributed by atoms with Gasteiger partial charge in [0.1, 0.15) is 11.5 Å². The van der Waals surface area contributed by atoms with E-state index in [-0.39, 0.29) is 12.2 Å². The number of halogens is 1. The van der Waals surface area contributed by atoms with Gasteiger partial charge in [-0.25, -0.2) is 13.9 Å². The topological polar surface area (TPSA) is 74.0 Å². The van der Waals surface area contributed by atoms with Crippen molar-refractivity contribution in [3.05, 3.63) is 77.9 Å². The Kier molecular flexibility index (Phi) is 4.94. The number of nitriles is 1. The van der Waals surface area contributed by atoms with E-state index in [9.17, 15) is 9.18 Å². The predicted molar refractivity (Wildman–Crippen MR) is 95.2 cm³/mol. The molecule has 0 aliphatic carbocycles.